The molecule has 124 valence electrons. The molecular formula is C18H15Cl3N2O. The fraction of sp³-hybridized carbons (Fsp3) is 0.167. The summed E-state index contributed by atoms with van der Waals surface area (Å²) < 4.78 is 8.08. The van der Waals surface area contributed by atoms with Crippen LogP contribution in [0.15, 0.2) is 61.2 Å². The van der Waals surface area contributed by atoms with Crippen LogP contribution in [0.2, 0.25) is 15.1 Å². The highest BCUT2D eigenvalue weighted by molar-refractivity contribution is 6.35. The van der Waals surface area contributed by atoms with Gasteiger partial charge in [0.15, 0.2) is 0 Å². The molecule has 3 nitrogen and oxygen atoms in total. The zero-order valence-corrected chi connectivity index (χ0v) is 15.0. The molecular weight excluding hydrogens is 367 g/mol. The third kappa shape index (κ3) is 4.52. The first-order valence-electron chi connectivity index (χ1n) is 7.38. The van der Waals surface area contributed by atoms with E-state index in [0.717, 1.165) is 11.1 Å². The third-order valence-corrected chi connectivity index (χ3v) is 4.42. The zero-order chi connectivity index (χ0) is 16.9. The molecule has 0 N–H and O–H groups in total. The normalized spacial score (nSPS) is 12.3. The van der Waals surface area contributed by atoms with Crippen LogP contribution >= 0.6 is 34.8 Å². The van der Waals surface area contributed by atoms with Gasteiger partial charge in [0.25, 0.3) is 0 Å². The van der Waals surface area contributed by atoms with Gasteiger partial charge in [0, 0.05) is 33.0 Å². The van der Waals surface area contributed by atoms with E-state index < -0.39 is 0 Å². The first kappa shape index (κ1) is 17.3. The van der Waals surface area contributed by atoms with Crippen LogP contribution in [-0.4, -0.2) is 9.55 Å². The van der Waals surface area contributed by atoms with Crippen LogP contribution < -0.4 is 0 Å². The highest BCUT2D eigenvalue weighted by Crippen LogP contribution is 2.30. The molecule has 1 aromatic heterocycles. The lowest BCUT2D eigenvalue weighted by atomic mass is 10.1. The summed E-state index contributed by atoms with van der Waals surface area (Å²) >= 11 is 18.3. The molecule has 24 heavy (non-hydrogen) atoms. The number of rotatable bonds is 6. The van der Waals surface area contributed by atoms with E-state index in [2.05, 4.69) is 4.98 Å². The van der Waals surface area contributed by atoms with Crippen LogP contribution in [0.1, 0.15) is 17.2 Å². The first-order chi connectivity index (χ1) is 11.6. The summed E-state index contributed by atoms with van der Waals surface area (Å²) in [5.41, 5.74) is 1.93. The Balaban J connectivity index is 1.80. The molecule has 6 heteroatoms. The van der Waals surface area contributed by atoms with E-state index in [1.165, 1.54) is 0 Å². The van der Waals surface area contributed by atoms with Crippen LogP contribution in [0, 0.1) is 0 Å². The second-order valence-corrected chi connectivity index (χ2v) is 6.63. The van der Waals surface area contributed by atoms with Gasteiger partial charge in [0.1, 0.15) is 6.10 Å². The lowest BCUT2D eigenvalue weighted by Crippen LogP contribution is -2.12. The van der Waals surface area contributed by atoms with Crippen molar-refractivity contribution in [1.82, 2.24) is 9.55 Å². The van der Waals surface area contributed by atoms with Gasteiger partial charge in [-0.1, -0.05) is 53.0 Å². The number of benzene rings is 2. The maximum atomic E-state index is 6.36. The molecule has 3 aromatic rings. The minimum absolute atomic E-state index is 0.223. The number of nitrogens with zero attached hydrogens (tertiary/aromatic N) is 2. The molecule has 0 fully saturated rings. The van der Waals surface area contributed by atoms with Crippen molar-refractivity contribution < 1.29 is 4.74 Å². The van der Waals surface area contributed by atoms with Crippen molar-refractivity contribution in [3.63, 3.8) is 0 Å². The molecule has 0 radical (unpaired) electrons. The molecule has 0 unspecified atom stereocenters. The lowest BCUT2D eigenvalue weighted by molar-refractivity contribution is 0.0280. The molecule has 3 rings (SSSR count). The molecule has 0 aliphatic carbocycles. The Morgan fingerprint density at radius 2 is 1.75 bits per heavy atom. The quantitative estimate of drug-likeness (QED) is 0.539. The number of hydrogen-bond acceptors (Lipinski definition) is 2. The fourth-order valence-corrected chi connectivity index (χ4v) is 3.02. The zero-order valence-electron chi connectivity index (χ0n) is 12.7. The van der Waals surface area contributed by atoms with Crippen molar-refractivity contribution in [1.29, 1.82) is 0 Å². The minimum Gasteiger partial charge on any atom is -0.367 e. The van der Waals surface area contributed by atoms with Crippen LogP contribution in [0.4, 0.5) is 0 Å². The van der Waals surface area contributed by atoms with Gasteiger partial charge in [-0.2, -0.15) is 0 Å². The van der Waals surface area contributed by atoms with Crippen molar-refractivity contribution >= 4 is 34.8 Å². The van der Waals surface area contributed by atoms with Crippen LogP contribution in [0.3, 0.4) is 0 Å². The van der Waals surface area contributed by atoms with Crippen molar-refractivity contribution in [3.8, 4) is 0 Å². The van der Waals surface area contributed by atoms with Crippen LogP contribution in [0.25, 0.3) is 0 Å². The van der Waals surface area contributed by atoms with Gasteiger partial charge in [-0.3, -0.25) is 0 Å². The molecule has 0 aliphatic heterocycles. The second kappa shape index (κ2) is 8.04. The van der Waals surface area contributed by atoms with E-state index in [4.69, 9.17) is 39.5 Å². The maximum absolute atomic E-state index is 6.36. The molecule has 0 amide bonds. The molecule has 0 aliphatic rings. The van der Waals surface area contributed by atoms with Gasteiger partial charge >= 0.3 is 0 Å². The van der Waals surface area contributed by atoms with E-state index in [-0.39, 0.29) is 6.10 Å². The Morgan fingerprint density at radius 1 is 1.00 bits per heavy atom. The Labute approximate surface area is 155 Å². The van der Waals surface area contributed by atoms with Crippen LogP contribution in [0.5, 0.6) is 0 Å². The SMILES string of the molecule is Clc1ccc(CO[C@H](Cn2ccnc2)c2ccc(Cl)cc2Cl)cc1. The second-order valence-electron chi connectivity index (χ2n) is 5.35. The standard InChI is InChI=1S/C18H15Cl3N2O/c19-14-3-1-13(2-4-14)11-24-18(10-23-8-7-22-12-23)16-6-5-15(20)9-17(16)21/h1-9,12,18H,10-11H2/t18-/m1/s1. The predicted molar refractivity (Wildman–Crippen MR) is 97.7 cm³/mol. The average Bonchev–Trinajstić information content (AvgIpc) is 3.06. The fourth-order valence-electron chi connectivity index (χ4n) is 2.37. The van der Waals surface area contributed by atoms with E-state index in [1.807, 2.05) is 47.2 Å². The number of imidazole rings is 1. The number of hydrogen-bond donors (Lipinski definition) is 0. The first-order valence-corrected chi connectivity index (χ1v) is 8.52. The minimum atomic E-state index is -0.223. The van der Waals surface area contributed by atoms with E-state index in [1.54, 1.807) is 18.6 Å². The van der Waals surface area contributed by atoms with E-state index in [0.29, 0.717) is 28.2 Å². The Hall–Kier alpha value is -1.52. The molecule has 0 saturated heterocycles. The summed E-state index contributed by atoms with van der Waals surface area (Å²) in [7, 11) is 0. The molecule has 0 spiro atoms. The maximum Gasteiger partial charge on any atom is 0.102 e. The van der Waals surface area contributed by atoms with Gasteiger partial charge in [0.2, 0.25) is 0 Å². The summed E-state index contributed by atoms with van der Waals surface area (Å²) in [4.78, 5) is 4.07. The number of halogens is 3. The largest absolute Gasteiger partial charge is 0.367 e. The number of aromatic nitrogens is 2. The smallest absolute Gasteiger partial charge is 0.102 e. The Morgan fingerprint density at radius 3 is 2.42 bits per heavy atom. The number of ether oxygens (including phenoxy) is 1. The van der Waals surface area contributed by atoms with Crippen LogP contribution in [-0.2, 0) is 17.9 Å². The molecule has 0 bridgehead atoms. The highest BCUT2D eigenvalue weighted by atomic mass is 35.5. The summed E-state index contributed by atoms with van der Waals surface area (Å²) in [5, 5.41) is 1.89. The lowest BCUT2D eigenvalue weighted by Gasteiger charge is -2.20. The summed E-state index contributed by atoms with van der Waals surface area (Å²) in [5.74, 6) is 0. The topological polar surface area (TPSA) is 27.1 Å². The summed E-state index contributed by atoms with van der Waals surface area (Å²) in [6.45, 7) is 1.06. The van der Waals surface area contributed by atoms with Crippen molar-refractivity contribution in [3.05, 3.63) is 87.4 Å². The molecule has 0 saturated carbocycles. The Kier molecular flexibility index (Phi) is 5.80. The van der Waals surface area contributed by atoms with Crippen molar-refractivity contribution in [2.75, 3.05) is 0 Å². The summed E-state index contributed by atoms with van der Waals surface area (Å²) in [6.07, 6.45) is 5.16. The Bertz CT molecular complexity index is 789. The molecule has 1 heterocycles. The highest BCUT2D eigenvalue weighted by Gasteiger charge is 2.17. The van der Waals surface area contributed by atoms with Crippen molar-refractivity contribution in [2.24, 2.45) is 0 Å². The van der Waals surface area contributed by atoms with Gasteiger partial charge in [-0.05, 0) is 29.8 Å². The molecule has 2 aromatic carbocycles. The summed E-state index contributed by atoms with van der Waals surface area (Å²) in [6, 6.07) is 13.0. The average molecular weight is 382 g/mol. The van der Waals surface area contributed by atoms with Gasteiger partial charge in [0.05, 0.1) is 19.5 Å². The molecule has 1 atom stereocenters. The van der Waals surface area contributed by atoms with E-state index >= 15 is 0 Å². The predicted octanol–water partition coefficient (Wildman–Crippen LogP) is 5.80. The van der Waals surface area contributed by atoms with E-state index in [9.17, 15) is 0 Å². The monoisotopic (exact) mass is 380 g/mol. The third-order valence-electron chi connectivity index (χ3n) is 3.61. The van der Waals surface area contributed by atoms with Gasteiger partial charge in [-0.15, -0.1) is 0 Å². The van der Waals surface area contributed by atoms with Gasteiger partial charge in [-0.25, -0.2) is 4.98 Å². The van der Waals surface area contributed by atoms with Gasteiger partial charge < -0.3 is 9.30 Å². The van der Waals surface area contributed by atoms with Crippen molar-refractivity contribution in [2.45, 2.75) is 19.3 Å².